The maximum atomic E-state index is 14.2. The molecule has 232 valence electrons. The second-order valence-corrected chi connectivity index (χ2v) is 14.0. The average Bonchev–Trinajstić information content (AvgIpc) is 2.96. The highest BCUT2D eigenvalue weighted by molar-refractivity contribution is 7.98. The Kier molecular flexibility index (Phi) is 12.0. The quantitative estimate of drug-likeness (QED) is 0.217. The van der Waals surface area contributed by atoms with E-state index in [0.717, 1.165) is 9.20 Å². The number of nitrogens with one attached hydrogen (secondary N) is 1. The fraction of sp³-hybridized carbons (Fsp3) is 0.375. The number of carbonyl (C=O) groups excluding carboxylic acids is 2. The van der Waals surface area contributed by atoms with Crippen molar-refractivity contribution in [1.29, 1.82) is 0 Å². The number of sulfonamides is 1. The van der Waals surface area contributed by atoms with Gasteiger partial charge in [0.05, 0.1) is 17.2 Å². The standard InChI is InChI=1S/C32H40ClN3O5S2/c1-7-29(31(38)34-32(3,4)5)35(21-23-11-9-10-12-28(23)33)30(37)22-36(24-13-15-25(16-14-24)41-8-2)43(39,40)27-19-17-26(42-6)18-20-27/h9-20,29H,7-8,21-22H2,1-6H3,(H,34,38)/t29-/m0/s1. The SMILES string of the molecule is CCOc1ccc(N(CC(=O)N(Cc2ccccc2Cl)[C@@H](CC)C(=O)NC(C)(C)C)S(=O)(=O)c2ccc(SC)cc2)cc1. The van der Waals surface area contributed by atoms with Crippen molar-refractivity contribution in [2.75, 3.05) is 23.7 Å². The minimum absolute atomic E-state index is 0.0220. The molecule has 2 amide bonds. The molecule has 0 fully saturated rings. The Hall–Kier alpha value is -3.21. The van der Waals surface area contributed by atoms with Crippen LogP contribution in [0.2, 0.25) is 5.02 Å². The summed E-state index contributed by atoms with van der Waals surface area (Å²) in [5.74, 6) is -0.308. The Balaban J connectivity index is 2.09. The first-order valence-electron chi connectivity index (χ1n) is 14.0. The largest absolute Gasteiger partial charge is 0.494 e. The summed E-state index contributed by atoms with van der Waals surface area (Å²) in [5, 5.41) is 3.40. The van der Waals surface area contributed by atoms with Crippen LogP contribution >= 0.6 is 23.4 Å². The summed E-state index contributed by atoms with van der Waals surface area (Å²) in [6, 6.07) is 19.3. The van der Waals surface area contributed by atoms with Crippen LogP contribution in [0.15, 0.2) is 82.6 Å². The summed E-state index contributed by atoms with van der Waals surface area (Å²) < 4.78 is 34.8. The van der Waals surface area contributed by atoms with Gasteiger partial charge in [0.1, 0.15) is 18.3 Å². The lowest BCUT2D eigenvalue weighted by molar-refractivity contribution is -0.141. The highest BCUT2D eigenvalue weighted by atomic mass is 35.5. The molecule has 3 aromatic carbocycles. The van der Waals surface area contributed by atoms with Crippen LogP contribution in [0, 0.1) is 0 Å². The molecule has 0 radical (unpaired) electrons. The Bertz CT molecular complexity index is 1490. The molecule has 0 unspecified atom stereocenters. The van der Waals surface area contributed by atoms with E-state index >= 15 is 0 Å². The van der Waals surface area contributed by atoms with E-state index < -0.39 is 34.1 Å². The molecule has 0 aliphatic carbocycles. The minimum Gasteiger partial charge on any atom is -0.494 e. The van der Waals surface area contributed by atoms with E-state index in [1.165, 1.54) is 28.8 Å². The Morgan fingerprint density at radius 1 is 0.977 bits per heavy atom. The molecule has 0 aliphatic heterocycles. The molecule has 0 saturated carbocycles. The zero-order chi connectivity index (χ0) is 31.8. The van der Waals surface area contributed by atoms with E-state index in [4.69, 9.17) is 16.3 Å². The third-order valence-electron chi connectivity index (χ3n) is 6.54. The van der Waals surface area contributed by atoms with Gasteiger partial charge in [-0.3, -0.25) is 13.9 Å². The van der Waals surface area contributed by atoms with Gasteiger partial charge >= 0.3 is 0 Å². The number of amides is 2. The topological polar surface area (TPSA) is 96.0 Å². The molecule has 3 rings (SSSR count). The monoisotopic (exact) mass is 645 g/mol. The van der Waals surface area contributed by atoms with Crippen molar-refractivity contribution in [3.05, 3.63) is 83.4 Å². The molecule has 0 heterocycles. The smallest absolute Gasteiger partial charge is 0.264 e. The van der Waals surface area contributed by atoms with E-state index in [9.17, 15) is 18.0 Å². The minimum atomic E-state index is -4.19. The molecule has 0 spiro atoms. The highest BCUT2D eigenvalue weighted by Crippen LogP contribution is 2.28. The molecule has 0 saturated heterocycles. The number of nitrogens with zero attached hydrogens (tertiary/aromatic N) is 2. The van der Waals surface area contributed by atoms with Crippen LogP contribution in [0.3, 0.4) is 0 Å². The van der Waals surface area contributed by atoms with Gasteiger partial charge in [0.2, 0.25) is 11.8 Å². The number of hydrogen-bond donors (Lipinski definition) is 1. The average molecular weight is 646 g/mol. The summed E-state index contributed by atoms with van der Waals surface area (Å²) in [5.41, 5.74) is 0.391. The lowest BCUT2D eigenvalue weighted by Crippen LogP contribution is -2.55. The molecule has 0 aromatic heterocycles. The number of carbonyl (C=O) groups is 2. The molecular formula is C32H40ClN3O5S2. The number of anilines is 1. The zero-order valence-electron chi connectivity index (χ0n) is 25.5. The van der Waals surface area contributed by atoms with Crippen molar-refractivity contribution in [3.8, 4) is 5.75 Å². The van der Waals surface area contributed by atoms with Gasteiger partial charge in [0.15, 0.2) is 0 Å². The van der Waals surface area contributed by atoms with Crippen LogP contribution in [-0.4, -0.2) is 56.1 Å². The fourth-order valence-electron chi connectivity index (χ4n) is 4.46. The van der Waals surface area contributed by atoms with Crippen LogP contribution < -0.4 is 14.4 Å². The number of halogens is 1. The Morgan fingerprint density at radius 3 is 2.14 bits per heavy atom. The van der Waals surface area contributed by atoms with Gasteiger partial charge in [-0.25, -0.2) is 8.42 Å². The van der Waals surface area contributed by atoms with E-state index in [-0.39, 0.29) is 23.0 Å². The number of thioether (sulfide) groups is 1. The Morgan fingerprint density at radius 2 is 1.60 bits per heavy atom. The van der Waals surface area contributed by atoms with Gasteiger partial charge in [0, 0.05) is 22.0 Å². The van der Waals surface area contributed by atoms with Gasteiger partial charge in [-0.2, -0.15) is 0 Å². The molecule has 1 atom stereocenters. The van der Waals surface area contributed by atoms with Crippen LogP contribution in [0.25, 0.3) is 0 Å². The second kappa shape index (κ2) is 15.0. The maximum Gasteiger partial charge on any atom is 0.264 e. The summed E-state index contributed by atoms with van der Waals surface area (Å²) in [6.07, 6.45) is 2.21. The summed E-state index contributed by atoms with van der Waals surface area (Å²) in [4.78, 5) is 30.1. The highest BCUT2D eigenvalue weighted by Gasteiger charge is 2.35. The first kappa shape index (κ1) is 34.3. The predicted octanol–water partition coefficient (Wildman–Crippen LogP) is 6.38. The molecule has 43 heavy (non-hydrogen) atoms. The second-order valence-electron chi connectivity index (χ2n) is 10.9. The maximum absolute atomic E-state index is 14.2. The van der Waals surface area contributed by atoms with Gasteiger partial charge in [-0.1, -0.05) is 36.7 Å². The van der Waals surface area contributed by atoms with Crippen molar-refractivity contribution in [2.45, 2.75) is 69.0 Å². The van der Waals surface area contributed by atoms with E-state index in [1.54, 1.807) is 60.7 Å². The summed E-state index contributed by atoms with van der Waals surface area (Å²) >= 11 is 7.96. The molecule has 3 aromatic rings. The normalized spacial score (nSPS) is 12.3. The third kappa shape index (κ3) is 9.14. The van der Waals surface area contributed by atoms with Crippen molar-refractivity contribution < 1.29 is 22.7 Å². The van der Waals surface area contributed by atoms with Crippen LogP contribution in [-0.2, 0) is 26.2 Å². The number of ether oxygens (including phenoxy) is 1. The lowest BCUT2D eigenvalue weighted by Gasteiger charge is -2.35. The van der Waals surface area contributed by atoms with E-state index in [1.807, 2.05) is 40.9 Å². The molecule has 0 bridgehead atoms. The van der Waals surface area contributed by atoms with Gasteiger partial charge in [-0.15, -0.1) is 11.8 Å². The molecule has 0 aliphatic rings. The van der Waals surface area contributed by atoms with Crippen molar-refractivity contribution >= 4 is 50.9 Å². The molecule has 1 N–H and O–H groups in total. The number of rotatable bonds is 13. The van der Waals surface area contributed by atoms with Gasteiger partial charge in [0.25, 0.3) is 10.0 Å². The van der Waals surface area contributed by atoms with Crippen LogP contribution in [0.1, 0.15) is 46.6 Å². The predicted molar refractivity (Wildman–Crippen MR) is 174 cm³/mol. The lowest BCUT2D eigenvalue weighted by atomic mass is 10.1. The van der Waals surface area contributed by atoms with Crippen molar-refractivity contribution in [1.82, 2.24) is 10.2 Å². The number of hydrogen-bond acceptors (Lipinski definition) is 6. The molecular weight excluding hydrogens is 606 g/mol. The first-order valence-corrected chi connectivity index (χ1v) is 17.1. The van der Waals surface area contributed by atoms with Gasteiger partial charge in [-0.05, 0) is 101 Å². The van der Waals surface area contributed by atoms with Crippen LogP contribution in [0.5, 0.6) is 5.75 Å². The zero-order valence-corrected chi connectivity index (χ0v) is 27.9. The van der Waals surface area contributed by atoms with E-state index in [2.05, 4.69) is 5.32 Å². The number of benzene rings is 3. The van der Waals surface area contributed by atoms with Crippen molar-refractivity contribution in [3.63, 3.8) is 0 Å². The molecule has 11 heteroatoms. The molecule has 8 nitrogen and oxygen atoms in total. The van der Waals surface area contributed by atoms with E-state index in [0.29, 0.717) is 29.4 Å². The van der Waals surface area contributed by atoms with Gasteiger partial charge < -0.3 is 15.0 Å². The van der Waals surface area contributed by atoms with Crippen molar-refractivity contribution in [2.24, 2.45) is 0 Å². The first-order chi connectivity index (χ1) is 20.3. The fourth-order valence-corrected chi connectivity index (χ4v) is 6.48. The van der Waals surface area contributed by atoms with Crippen LogP contribution in [0.4, 0.5) is 5.69 Å². The Labute approximate surface area is 264 Å². The summed E-state index contributed by atoms with van der Waals surface area (Å²) in [6.45, 7) is 9.19. The third-order valence-corrected chi connectivity index (χ3v) is 9.45. The summed E-state index contributed by atoms with van der Waals surface area (Å²) in [7, 11) is -4.19.